The number of nitrogens with one attached hydrogen (secondary N) is 1. The maximum absolute atomic E-state index is 3.40. The molecule has 2 bridgehead atoms. The van der Waals surface area contributed by atoms with Crippen LogP contribution in [0.25, 0.3) is 0 Å². The zero-order valence-electron chi connectivity index (χ0n) is 4.41. The third-order valence-electron chi connectivity index (χ3n) is 1.93. The van der Waals surface area contributed by atoms with Gasteiger partial charge in [-0.1, -0.05) is 0 Å². The van der Waals surface area contributed by atoms with Crippen molar-refractivity contribution in [3.05, 3.63) is 6.04 Å². The molecule has 39 valence electrons. The molecule has 2 aliphatic heterocycles. The first-order valence-electron chi connectivity index (χ1n) is 3.06. The fourth-order valence-electron chi connectivity index (χ4n) is 1.48. The van der Waals surface area contributed by atoms with E-state index in [2.05, 4.69) is 5.32 Å². The Morgan fingerprint density at radius 3 is 2.57 bits per heavy atom. The van der Waals surface area contributed by atoms with E-state index in [-0.39, 0.29) is 0 Å². The van der Waals surface area contributed by atoms with E-state index in [0.29, 0.717) is 0 Å². The van der Waals surface area contributed by atoms with E-state index in [1.165, 1.54) is 25.7 Å². The monoisotopic (exact) mass is 96.1 g/mol. The van der Waals surface area contributed by atoms with Crippen LogP contribution in [0.5, 0.6) is 0 Å². The van der Waals surface area contributed by atoms with Crippen molar-refractivity contribution in [2.75, 3.05) is 0 Å². The van der Waals surface area contributed by atoms with E-state index < -0.39 is 0 Å². The second-order valence-corrected chi connectivity index (χ2v) is 2.54. The van der Waals surface area contributed by atoms with Crippen LogP contribution < -0.4 is 5.32 Å². The molecule has 1 N–H and O–H groups in total. The van der Waals surface area contributed by atoms with Gasteiger partial charge < -0.3 is 5.32 Å². The Kier molecular flexibility index (Phi) is 0.680. The van der Waals surface area contributed by atoms with Crippen LogP contribution in [-0.2, 0) is 0 Å². The van der Waals surface area contributed by atoms with Gasteiger partial charge in [0.15, 0.2) is 0 Å². The Bertz CT molecular complexity index is 60.7. The minimum absolute atomic E-state index is 0.892. The highest BCUT2D eigenvalue weighted by molar-refractivity contribution is 5.07. The summed E-state index contributed by atoms with van der Waals surface area (Å²) in [6.45, 7) is 0. The van der Waals surface area contributed by atoms with Crippen LogP contribution in [0.3, 0.4) is 0 Å². The van der Waals surface area contributed by atoms with Crippen molar-refractivity contribution >= 4 is 0 Å². The average molecular weight is 96.2 g/mol. The molecular weight excluding hydrogens is 86.1 g/mol. The first-order chi connectivity index (χ1) is 3.45. The first kappa shape index (κ1) is 3.90. The Labute approximate surface area is 44.1 Å². The molecule has 1 unspecified atom stereocenters. The Hall–Kier alpha value is -0.0400. The smallest absolute Gasteiger partial charge is 0.0381 e. The third kappa shape index (κ3) is 0.480. The quantitative estimate of drug-likeness (QED) is 0.475. The molecule has 3 fully saturated rings. The first-order valence-corrected chi connectivity index (χ1v) is 3.06. The summed E-state index contributed by atoms with van der Waals surface area (Å²) >= 11 is 0. The lowest BCUT2D eigenvalue weighted by atomic mass is 9.83. The zero-order chi connectivity index (χ0) is 4.69. The SMILES string of the molecule is C1C[C]2CC(C1)N2. The van der Waals surface area contributed by atoms with Crippen LogP contribution in [0.1, 0.15) is 25.7 Å². The van der Waals surface area contributed by atoms with Gasteiger partial charge in [-0.2, -0.15) is 0 Å². The van der Waals surface area contributed by atoms with Gasteiger partial charge in [0.05, 0.1) is 0 Å². The highest BCUT2D eigenvalue weighted by Crippen LogP contribution is 2.32. The topological polar surface area (TPSA) is 12.0 Å². The van der Waals surface area contributed by atoms with Crippen LogP contribution in [0.2, 0.25) is 0 Å². The molecule has 2 heterocycles. The normalized spacial score (nSPS) is 40.3. The predicted octanol–water partition coefficient (Wildman–Crippen LogP) is 1.06. The standard InChI is InChI=1S/C6H10N/c1-2-5-4-6(3-1)7-5/h5,7H,1-4H2. The maximum Gasteiger partial charge on any atom is 0.0381 e. The molecular formula is C6H10N. The molecule has 2 saturated heterocycles. The van der Waals surface area contributed by atoms with Gasteiger partial charge >= 0.3 is 0 Å². The summed E-state index contributed by atoms with van der Waals surface area (Å²) in [6.07, 6.45) is 5.60. The third-order valence-corrected chi connectivity index (χ3v) is 1.93. The second kappa shape index (κ2) is 1.22. The van der Waals surface area contributed by atoms with E-state index in [1.54, 1.807) is 6.04 Å². The molecule has 0 spiro atoms. The minimum Gasteiger partial charge on any atom is -0.307 e. The summed E-state index contributed by atoms with van der Waals surface area (Å²) in [5, 5.41) is 3.40. The summed E-state index contributed by atoms with van der Waals surface area (Å²) < 4.78 is 0. The fourth-order valence-corrected chi connectivity index (χ4v) is 1.48. The van der Waals surface area contributed by atoms with E-state index in [1.807, 2.05) is 0 Å². The number of fused-ring (bicyclic) bond motifs is 2. The molecule has 0 aromatic heterocycles. The Balaban J connectivity index is 1.99. The number of hydrogen-bond donors (Lipinski definition) is 1. The van der Waals surface area contributed by atoms with E-state index in [4.69, 9.17) is 0 Å². The van der Waals surface area contributed by atoms with Crippen molar-refractivity contribution < 1.29 is 0 Å². The van der Waals surface area contributed by atoms with Gasteiger partial charge in [-0.15, -0.1) is 0 Å². The molecule has 0 aromatic rings. The van der Waals surface area contributed by atoms with Gasteiger partial charge in [0.2, 0.25) is 0 Å². The molecule has 1 heteroatoms. The number of piperidine rings is 1. The van der Waals surface area contributed by atoms with Crippen LogP contribution in [0.4, 0.5) is 0 Å². The molecule has 3 rings (SSSR count). The van der Waals surface area contributed by atoms with Crippen LogP contribution >= 0.6 is 0 Å². The van der Waals surface area contributed by atoms with Crippen molar-refractivity contribution in [3.63, 3.8) is 0 Å². The lowest BCUT2D eigenvalue weighted by molar-refractivity contribution is 0.269. The Morgan fingerprint density at radius 2 is 2.43 bits per heavy atom. The van der Waals surface area contributed by atoms with Crippen LogP contribution in [-0.4, -0.2) is 6.04 Å². The van der Waals surface area contributed by atoms with Gasteiger partial charge in [-0.3, -0.25) is 0 Å². The average Bonchev–Trinajstić information content (AvgIpc) is 1.67. The largest absolute Gasteiger partial charge is 0.307 e. The fraction of sp³-hybridized carbons (Fsp3) is 0.833. The zero-order valence-corrected chi connectivity index (χ0v) is 4.41. The van der Waals surface area contributed by atoms with Crippen LogP contribution in [0, 0.1) is 6.04 Å². The molecule has 1 atom stereocenters. The molecule has 1 aliphatic carbocycles. The molecule has 7 heavy (non-hydrogen) atoms. The van der Waals surface area contributed by atoms with Gasteiger partial charge in [0, 0.05) is 12.1 Å². The summed E-state index contributed by atoms with van der Waals surface area (Å²) in [6, 6.07) is 2.50. The highest BCUT2D eigenvalue weighted by atomic mass is 15.0. The number of hydrogen-bond acceptors (Lipinski definition) is 1. The van der Waals surface area contributed by atoms with Gasteiger partial charge in [0.25, 0.3) is 0 Å². The van der Waals surface area contributed by atoms with E-state index >= 15 is 0 Å². The molecule has 3 aliphatic rings. The van der Waals surface area contributed by atoms with Gasteiger partial charge in [-0.05, 0) is 25.7 Å². The van der Waals surface area contributed by atoms with Gasteiger partial charge in [-0.25, -0.2) is 0 Å². The summed E-state index contributed by atoms with van der Waals surface area (Å²) in [5.41, 5.74) is 0. The van der Waals surface area contributed by atoms with Crippen molar-refractivity contribution in [3.8, 4) is 0 Å². The molecule has 1 saturated carbocycles. The lowest BCUT2D eigenvalue weighted by Gasteiger charge is -2.41. The number of rotatable bonds is 0. The molecule has 0 aromatic carbocycles. The highest BCUT2D eigenvalue weighted by Gasteiger charge is 2.32. The second-order valence-electron chi connectivity index (χ2n) is 2.54. The van der Waals surface area contributed by atoms with Gasteiger partial charge in [0.1, 0.15) is 0 Å². The van der Waals surface area contributed by atoms with Crippen LogP contribution in [0.15, 0.2) is 0 Å². The molecule has 1 radical (unpaired) electrons. The molecule has 0 amide bonds. The lowest BCUT2D eigenvalue weighted by Crippen LogP contribution is -2.49. The van der Waals surface area contributed by atoms with Crippen molar-refractivity contribution in [2.24, 2.45) is 0 Å². The van der Waals surface area contributed by atoms with Crippen molar-refractivity contribution in [1.29, 1.82) is 0 Å². The minimum atomic E-state index is 0.892. The molecule has 1 nitrogen and oxygen atoms in total. The summed E-state index contributed by atoms with van der Waals surface area (Å²) in [4.78, 5) is 0. The predicted molar refractivity (Wildman–Crippen MR) is 28.6 cm³/mol. The van der Waals surface area contributed by atoms with E-state index in [0.717, 1.165) is 6.04 Å². The Morgan fingerprint density at radius 1 is 1.57 bits per heavy atom. The van der Waals surface area contributed by atoms with Crippen molar-refractivity contribution in [1.82, 2.24) is 5.32 Å². The van der Waals surface area contributed by atoms with Crippen molar-refractivity contribution in [2.45, 2.75) is 31.7 Å². The summed E-state index contributed by atoms with van der Waals surface area (Å²) in [7, 11) is 0. The maximum atomic E-state index is 3.40. The van der Waals surface area contributed by atoms with E-state index in [9.17, 15) is 0 Å². The summed E-state index contributed by atoms with van der Waals surface area (Å²) in [5.74, 6) is 0.